The van der Waals surface area contributed by atoms with Gasteiger partial charge in [0.2, 0.25) is 0 Å². The van der Waals surface area contributed by atoms with Crippen LogP contribution in [-0.4, -0.2) is 21.2 Å². The summed E-state index contributed by atoms with van der Waals surface area (Å²) in [4.78, 5) is 14.4. The predicted molar refractivity (Wildman–Crippen MR) is 74.4 cm³/mol. The molecule has 1 aliphatic carbocycles. The first-order valence-electron chi connectivity index (χ1n) is 5.68. The molecule has 2 aliphatic rings. The van der Waals surface area contributed by atoms with Crippen LogP contribution in [0.4, 0.5) is 4.39 Å². The Morgan fingerprint density at radius 1 is 1.44 bits per heavy atom. The number of hydrogen-bond acceptors (Lipinski definition) is 3. The molecule has 2 fully saturated rings. The van der Waals surface area contributed by atoms with Crippen LogP contribution in [0, 0.1) is 5.82 Å². The molecule has 1 amide bonds. The van der Waals surface area contributed by atoms with E-state index in [2.05, 4.69) is 0 Å². The summed E-state index contributed by atoms with van der Waals surface area (Å²) in [5.41, 5.74) is 0.686. The summed E-state index contributed by atoms with van der Waals surface area (Å²) in [5.74, 6) is -0.349. The zero-order valence-electron chi connectivity index (χ0n) is 9.43. The molecule has 0 atom stereocenters. The highest BCUT2D eigenvalue weighted by Crippen LogP contribution is 2.39. The van der Waals surface area contributed by atoms with Gasteiger partial charge in [-0.1, -0.05) is 36.1 Å². The van der Waals surface area contributed by atoms with Crippen LogP contribution in [0.1, 0.15) is 18.4 Å². The van der Waals surface area contributed by atoms with Gasteiger partial charge in [0.1, 0.15) is 10.1 Å². The fourth-order valence-corrected chi connectivity index (χ4v) is 3.28. The molecule has 0 spiro atoms. The second-order valence-electron chi connectivity index (χ2n) is 4.34. The molecular weight excluding hydrogens is 269 g/mol. The molecule has 0 unspecified atom stereocenters. The molecule has 1 heterocycles. The molecule has 1 saturated carbocycles. The van der Waals surface area contributed by atoms with Crippen LogP contribution >= 0.6 is 24.0 Å². The van der Waals surface area contributed by atoms with Crippen molar-refractivity contribution in [1.29, 1.82) is 0 Å². The summed E-state index contributed by atoms with van der Waals surface area (Å²) in [7, 11) is 0. The molecule has 0 aromatic heterocycles. The lowest BCUT2D eigenvalue weighted by Gasteiger charge is -2.11. The third kappa shape index (κ3) is 2.20. The summed E-state index contributed by atoms with van der Waals surface area (Å²) < 4.78 is 13.7. The smallest absolute Gasteiger partial charge is 0.266 e. The number of benzene rings is 1. The lowest BCUT2D eigenvalue weighted by atomic mass is 10.2. The second kappa shape index (κ2) is 4.48. The normalized spacial score (nSPS) is 22.1. The molecule has 0 bridgehead atoms. The van der Waals surface area contributed by atoms with E-state index < -0.39 is 0 Å². The van der Waals surface area contributed by atoms with E-state index in [4.69, 9.17) is 12.2 Å². The van der Waals surface area contributed by atoms with E-state index in [0.717, 1.165) is 12.8 Å². The number of halogens is 1. The van der Waals surface area contributed by atoms with Crippen molar-refractivity contribution in [3.63, 3.8) is 0 Å². The van der Waals surface area contributed by atoms with Gasteiger partial charge in [-0.2, -0.15) is 0 Å². The predicted octanol–water partition coefficient (Wildman–Crippen LogP) is 3.19. The van der Waals surface area contributed by atoms with Gasteiger partial charge in [0.15, 0.2) is 0 Å². The Bertz CT molecular complexity index is 566. The first-order valence-corrected chi connectivity index (χ1v) is 6.90. The van der Waals surface area contributed by atoms with Crippen LogP contribution in [0.5, 0.6) is 0 Å². The van der Waals surface area contributed by atoms with E-state index >= 15 is 0 Å². The number of carbonyl (C=O) groups excluding carboxylic acids is 1. The highest BCUT2D eigenvalue weighted by molar-refractivity contribution is 8.26. The Labute approximate surface area is 114 Å². The maximum absolute atomic E-state index is 13.1. The largest absolute Gasteiger partial charge is 0.290 e. The third-order valence-corrected chi connectivity index (χ3v) is 4.21. The topological polar surface area (TPSA) is 20.3 Å². The van der Waals surface area contributed by atoms with Crippen LogP contribution in [0.2, 0.25) is 0 Å². The molecule has 5 heteroatoms. The summed E-state index contributed by atoms with van der Waals surface area (Å²) in [6, 6.07) is 6.47. The van der Waals surface area contributed by atoms with Gasteiger partial charge in [0.25, 0.3) is 5.91 Å². The van der Waals surface area contributed by atoms with Gasteiger partial charge in [-0.15, -0.1) is 0 Å². The molecule has 0 radical (unpaired) electrons. The lowest BCUT2D eigenvalue weighted by molar-refractivity contribution is -0.122. The summed E-state index contributed by atoms with van der Waals surface area (Å²) >= 11 is 6.50. The Balaban J connectivity index is 1.89. The SMILES string of the molecule is O=C1C(=Cc2cccc(F)c2)SC(=S)N1C1CC1. The van der Waals surface area contributed by atoms with E-state index in [1.807, 2.05) is 0 Å². The number of nitrogens with zero attached hydrogens (tertiary/aromatic N) is 1. The van der Waals surface area contributed by atoms with E-state index in [0.29, 0.717) is 14.8 Å². The van der Waals surface area contributed by atoms with Gasteiger partial charge in [0.05, 0.1) is 4.91 Å². The number of thiocarbonyl (C=S) groups is 1. The van der Waals surface area contributed by atoms with Crippen molar-refractivity contribution in [3.05, 3.63) is 40.6 Å². The van der Waals surface area contributed by atoms with Gasteiger partial charge >= 0.3 is 0 Å². The molecule has 92 valence electrons. The number of amides is 1. The Hall–Kier alpha value is -1.20. The van der Waals surface area contributed by atoms with Crippen molar-refractivity contribution in [3.8, 4) is 0 Å². The van der Waals surface area contributed by atoms with Gasteiger partial charge in [-0.3, -0.25) is 9.69 Å². The van der Waals surface area contributed by atoms with Crippen molar-refractivity contribution < 1.29 is 9.18 Å². The molecular formula is C13H10FNOS2. The van der Waals surface area contributed by atoms with E-state index in [9.17, 15) is 9.18 Å². The van der Waals surface area contributed by atoms with Crippen LogP contribution in [0.25, 0.3) is 6.08 Å². The standard InChI is InChI=1S/C13H10FNOS2/c14-9-3-1-2-8(6-9)7-11-12(16)15(10-4-5-10)13(17)18-11/h1-3,6-7,10H,4-5H2. The monoisotopic (exact) mass is 279 g/mol. The van der Waals surface area contributed by atoms with Crippen LogP contribution < -0.4 is 0 Å². The highest BCUT2D eigenvalue weighted by atomic mass is 32.2. The van der Waals surface area contributed by atoms with Crippen molar-refractivity contribution in [2.45, 2.75) is 18.9 Å². The average Bonchev–Trinajstić information content (AvgIpc) is 3.09. The van der Waals surface area contributed by atoms with E-state index in [1.54, 1.807) is 23.1 Å². The van der Waals surface area contributed by atoms with Gasteiger partial charge in [-0.25, -0.2) is 4.39 Å². The molecule has 18 heavy (non-hydrogen) atoms. The lowest BCUT2D eigenvalue weighted by Crippen LogP contribution is -2.30. The minimum absolute atomic E-state index is 0.0447. The maximum atomic E-state index is 13.1. The number of hydrogen-bond donors (Lipinski definition) is 0. The zero-order chi connectivity index (χ0) is 12.7. The third-order valence-electron chi connectivity index (χ3n) is 2.88. The molecule has 1 aliphatic heterocycles. The summed E-state index contributed by atoms with van der Waals surface area (Å²) in [5, 5.41) is 0. The van der Waals surface area contributed by atoms with Gasteiger partial charge in [-0.05, 0) is 36.6 Å². The fraction of sp³-hybridized carbons (Fsp3) is 0.231. The van der Waals surface area contributed by atoms with Crippen LogP contribution in [-0.2, 0) is 4.79 Å². The first kappa shape index (κ1) is 11.9. The first-order chi connectivity index (χ1) is 8.65. The number of carbonyl (C=O) groups is 1. The van der Waals surface area contributed by atoms with Crippen molar-refractivity contribution >= 4 is 40.3 Å². The average molecular weight is 279 g/mol. The van der Waals surface area contributed by atoms with Gasteiger partial charge in [0, 0.05) is 6.04 Å². The van der Waals surface area contributed by atoms with Crippen molar-refractivity contribution in [1.82, 2.24) is 4.90 Å². The molecule has 1 aromatic carbocycles. The number of thioether (sulfide) groups is 1. The molecule has 0 N–H and O–H groups in total. The summed E-state index contributed by atoms with van der Waals surface area (Å²) in [6.07, 6.45) is 3.75. The van der Waals surface area contributed by atoms with Crippen LogP contribution in [0.15, 0.2) is 29.2 Å². The van der Waals surface area contributed by atoms with Crippen molar-refractivity contribution in [2.75, 3.05) is 0 Å². The summed E-state index contributed by atoms with van der Waals surface area (Å²) in [6.45, 7) is 0. The molecule has 1 aromatic rings. The maximum Gasteiger partial charge on any atom is 0.266 e. The van der Waals surface area contributed by atoms with E-state index in [-0.39, 0.29) is 17.8 Å². The highest BCUT2D eigenvalue weighted by Gasteiger charge is 2.41. The Morgan fingerprint density at radius 2 is 2.22 bits per heavy atom. The Kier molecular flexibility index (Phi) is 2.95. The minimum atomic E-state index is -0.304. The minimum Gasteiger partial charge on any atom is -0.290 e. The molecule has 1 saturated heterocycles. The molecule has 3 rings (SSSR count). The second-order valence-corrected chi connectivity index (χ2v) is 6.01. The Morgan fingerprint density at radius 3 is 2.89 bits per heavy atom. The van der Waals surface area contributed by atoms with Crippen LogP contribution in [0.3, 0.4) is 0 Å². The molecule has 2 nitrogen and oxygen atoms in total. The van der Waals surface area contributed by atoms with Crippen molar-refractivity contribution in [2.24, 2.45) is 0 Å². The quantitative estimate of drug-likeness (QED) is 0.612. The van der Waals surface area contributed by atoms with Gasteiger partial charge < -0.3 is 0 Å². The number of rotatable bonds is 2. The fourth-order valence-electron chi connectivity index (χ4n) is 1.88. The van der Waals surface area contributed by atoms with E-state index in [1.165, 1.54) is 23.9 Å². The zero-order valence-corrected chi connectivity index (χ0v) is 11.1.